The Balaban J connectivity index is 1.74. The predicted molar refractivity (Wildman–Crippen MR) is 85.0 cm³/mol. The molecule has 104 valence electrons. The van der Waals surface area contributed by atoms with Crippen molar-refractivity contribution < 1.29 is 4.79 Å². The average Bonchev–Trinajstić information content (AvgIpc) is 2.49. The molecule has 0 aliphatic heterocycles. The quantitative estimate of drug-likeness (QED) is 0.831. The predicted octanol–water partition coefficient (Wildman–Crippen LogP) is 3.07. The number of anilines is 1. The summed E-state index contributed by atoms with van der Waals surface area (Å²) < 4.78 is 0. The lowest BCUT2D eigenvalue weighted by Gasteiger charge is -2.05. The minimum atomic E-state index is -0.0113. The molecule has 2 rings (SSSR count). The summed E-state index contributed by atoms with van der Waals surface area (Å²) in [5, 5.41) is 3.78. The lowest BCUT2D eigenvalue weighted by atomic mass is 10.3. The molecule has 2 aromatic heterocycles. The molecule has 0 atom stereocenters. The number of rotatable bonds is 6. The highest BCUT2D eigenvalue weighted by molar-refractivity contribution is 7.99. The molecule has 6 heteroatoms. The molecule has 0 spiro atoms. The van der Waals surface area contributed by atoms with Crippen molar-refractivity contribution in [2.24, 2.45) is 0 Å². The molecule has 0 bridgehead atoms. The van der Waals surface area contributed by atoms with E-state index in [9.17, 15) is 4.79 Å². The minimum absolute atomic E-state index is 0.0113. The Labute approximate surface area is 126 Å². The molecule has 0 saturated carbocycles. The number of carbonyl (C=O) groups excluding carboxylic acids is 1. The molecule has 0 aromatic carbocycles. The molecule has 1 amide bonds. The fourth-order valence-corrected chi connectivity index (χ4v) is 2.66. The second kappa shape index (κ2) is 7.91. The van der Waals surface area contributed by atoms with E-state index in [1.54, 1.807) is 42.1 Å². The highest BCUT2D eigenvalue weighted by atomic mass is 32.2. The van der Waals surface area contributed by atoms with Gasteiger partial charge in [-0.05, 0) is 36.1 Å². The Hall–Kier alpha value is -1.53. The van der Waals surface area contributed by atoms with Crippen LogP contribution in [0, 0.1) is 0 Å². The first-order valence-electron chi connectivity index (χ1n) is 6.04. The largest absolute Gasteiger partial charge is 0.324 e. The molecule has 2 aromatic rings. The smallest absolute Gasteiger partial charge is 0.234 e. The average molecular weight is 305 g/mol. The van der Waals surface area contributed by atoms with Gasteiger partial charge in [-0.1, -0.05) is 0 Å². The van der Waals surface area contributed by atoms with Gasteiger partial charge in [-0.15, -0.1) is 23.5 Å². The molecule has 0 radical (unpaired) electrons. The summed E-state index contributed by atoms with van der Waals surface area (Å²) in [5.41, 5.74) is 1.90. The molecule has 0 fully saturated rings. The Morgan fingerprint density at radius 3 is 2.70 bits per heavy atom. The van der Waals surface area contributed by atoms with Gasteiger partial charge in [0.15, 0.2) is 0 Å². The van der Waals surface area contributed by atoms with Crippen molar-refractivity contribution in [3.63, 3.8) is 0 Å². The maximum atomic E-state index is 11.8. The van der Waals surface area contributed by atoms with Crippen LogP contribution in [0.15, 0.2) is 47.9 Å². The minimum Gasteiger partial charge on any atom is -0.324 e. The van der Waals surface area contributed by atoms with Crippen LogP contribution in [0.3, 0.4) is 0 Å². The number of aromatic nitrogens is 2. The zero-order chi connectivity index (χ0) is 14.2. The first kappa shape index (κ1) is 14.9. The van der Waals surface area contributed by atoms with Gasteiger partial charge in [0.05, 0.1) is 22.7 Å². The summed E-state index contributed by atoms with van der Waals surface area (Å²) in [6.07, 6.45) is 7.16. The number of nitrogens with zero attached hydrogens (tertiary/aromatic N) is 2. The van der Waals surface area contributed by atoms with Crippen molar-refractivity contribution in [2.45, 2.75) is 10.8 Å². The van der Waals surface area contributed by atoms with Gasteiger partial charge < -0.3 is 5.32 Å². The first-order chi connectivity index (χ1) is 9.78. The lowest BCUT2D eigenvalue weighted by Crippen LogP contribution is -2.14. The fraction of sp³-hybridized carbons (Fsp3) is 0.214. The lowest BCUT2D eigenvalue weighted by molar-refractivity contribution is -0.113. The van der Waals surface area contributed by atoms with Crippen LogP contribution in [0.4, 0.5) is 5.69 Å². The van der Waals surface area contributed by atoms with Gasteiger partial charge in [0.2, 0.25) is 5.91 Å². The van der Waals surface area contributed by atoms with Crippen LogP contribution in [-0.2, 0) is 10.5 Å². The summed E-state index contributed by atoms with van der Waals surface area (Å²) in [4.78, 5) is 20.0. The fourth-order valence-electron chi connectivity index (χ4n) is 1.51. The first-order valence-corrected chi connectivity index (χ1v) is 8.42. The zero-order valence-electron chi connectivity index (χ0n) is 11.1. The van der Waals surface area contributed by atoms with Crippen LogP contribution in [0.1, 0.15) is 5.56 Å². The molecule has 2 heterocycles. The van der Waals surface area contributed by atoms with Gasteiger partial charge in [0.25, 0.3) is 0 Å². The number of hydrogen-bond donors (Lipinski definition) is 1. The van der Waals surface area contributed by atoms with Gasteiger partial charge in [0, 0.05) is 18.1 Å². The number of thioether (sulfide) groups is 2. The van der Waals surface area contributed by atoms with Crippen LogP contribution >= 0.6 is 23.5 Å². The third-order valence-electron chi connectivity index (χ3n) is 2.48. The van der Waals surface area contributed by atoms with E-state index in [0.29, 0.717) is 5.75 Å². The van der Waals surface area contributed by atoms with Crippen LogP contribution < -0.4 is 5.32 Å². The Morgan fingerprint density at radius 2 is 2.05 bits per heavy atom. The Morgan fingerprint density at radius 1 is 1.25 bits per heavy atom. The number of nitrogens with one attached hydrogen (secondary N) is 1. The Kier molecular flexibility index (Phi) is 5.88. The highest BCUT2D eigenvalue weighted by Crippen LogP contribution is 2.15. The van der Waals surface area contributed by atoms with E-state index in [4.69, 9.17) is 0 Å². The molecular formula is C14H15N3OS2. The van der Waals surface area contributed by atoms with E-state index in [1.165, 1.54) is 5.56 Å². The second-order valence-electron chi connectivity index (χ2n) is 3.99. The van der Waals surface area contributed by atoms with Gasteiger partial charge in [-0.2, -0.15) is 0 Å². The molecule has 0 aliphatic carbocycles. The van der Waals surface area contributed by atoms with Crippen molar-refractivity contribution in [1.82, 2.24) is 9.97 Å². The third kappa shape index (κ3) is 4.86. The number of amides is 1. The van der Waals surface area contributed by atoms with E-state index in [1.807, 2.05) is 30.5 Å². The van der Waals surface area contributed by atoms with E-state index in [-0.39, 0.29) is 5.91 Å². The van der Waals surface area contributed by atoms with E-state index >= 15 is 0 Å². The Bertz CT molecular complexity index is 546. The number of pyridine rings is 2. The molecule has 0 aliphatic rings. The standard InChI is InChI=1S/C14H15N3OS2/c1-19-14-3-2-12(8-16-14)17-13(18)10-20-9-11-4-6-15-7-5-11/h2-8H,9-10H2,1H3,(H,17,18). The highest BCUT2D eigenvalue weighted by Gasteiger charge is 2.03. The second-order valence-corrected chi connectivity index (χ2v) is 5.80. The van der Waals surface area contributed by atoms with Crippen LogP contribution in [0.5, 0.6) is 0 Å². The SMILES string of the molecule is CSc1ccc(NC(=O)CSCc2ccncc2)cn1. The summed E-state index contributed by atoms with van der Waals surface area (Å²) in [5.74, 6) is 1.22. The van der Waals surface area contributed by atoms with E-state index in [2.05, 4.69) is 15.3 Å². The number of carbonyl (C=O) groups is 1. The maximum absolute atomic E-state index is 11.8. The number of hydrogen-bond acceptors (Lipinski definition) is 5. The summed E-state index contributed by atoms with van der Waals surface area (Å²) in [7, 11) is 0. The monoisotopic (exact) mass is 305 g/mol. The van der Waals surface area contributed by atoms with E-state index in [0.717, 1.165) is 16.5 Å². The third-order valence-corrected chi connectivity index (χ3v) is 4.14. The van der Waals surface area contributed by atoms with Gasteiger partial charge >= 0.3 is 0 Å². The van der Waals surface area contributed by atoms with Gasteiger partial charge in [0.1, 0.15) is 0 Å². The summed E-state index contributed by atoms with van der Waals surface area (Å²) in [6, 6.07) is 7.67. The summed E-state index contributed by atoms with van der Waals surface area (Å²) >= 11 is 3.15. The molecule has 20 heavy (non-hydrogen) atoms. The van der Waals surface area contributed by atoms with Crippen LogP contribution in [0.2, 0.25) is 0 Å². The zero-order valence-corrected chi connectivity index (χ0v) is 12.7. The van der Waals surface area contributed by atoms with Crippen molar-refractivity contribution in [1.29, 1.82) is 0 Å². The van der Waals surface area contributed by atoms with Crippen molar-refractivity contribution >= 4 is 35.1 Å². The van der Waals surface area contributed by atoms with E-state index < -0.39 is 0 Å². The van der Waals surface area contributed by atoms with Gasteiger partial charge in [-0.3, -0.25) is 9.78 Å². The summed E-state index contributed by atoms with van der Waals surface area (Å²) in [6.45, 7) is 0. The molecule has 0 saturated heterocycles. The topological polar surface area (TPSA) is 54.9 Å². The van der Waals surface area contributed by atoms with Crippen LogP contribution in [0.25, 0.3) is 0 Å². The molecule has 1 N–H and O–H groups in total. The maximum Gasteiger partial charge on any atom is 0.234 e. The van der Waals surface area contributed by atoms with Crippen LogP contribution in [-0.4, -0.2) is 27.9 Å². The van der Waals surface area contributed by atoms with Crippen molar-refractivity contribution in [3.8, 4) is 0 Å². The molecule has 4 nitrogen and oxygen atoms in total. The van der Waals surface area contributed by atoms with Crippen molar-refractivity contribution in [3.05, 3.63) is 48.4 Å². The van der Waals surface area contributed by atoms with Gasteiger partial charge in [-0.25, -0.2) is 4.98 Å². The van der Waals surface area contributed by atoms with Crippen molar-refractivity contribution in [2.75, 3.05) is 17.3 Å². The molecule has 0 unspecified atom stereocenters. The normalized spacial score (nSPS) is 10.2. The molecular weight excluding hydrogens is 290 g/mol.